The molecule has 4 aromatic rings. The van der Waals surface area contributed by atoms with Gasteiger partial charge in [-0.3, -0.25) is 9.59 Å². The highest BCUT2D eigenvalue weighted by Gasteiger charge is 2.20. The Balaban J connectivity index is 1.51. The largest absolute Gasteiger partial charge is 0.455 e. The number of ether oxygens (including phenoxy) is 1. The van der Waals surface area contributed by atoms with Crippen LogP contribution in [0.15, 0.2) is 86.9 Å². The quantitative estimate of drug-likeness (QED) is 0.368. The average molecular weight is 521 g/mol. The number of nitrogens with zero attached hydrogens (tertiary/aromatic N) is 1. The monoisotopic (exact) mass is 520 g/mol. The maximum atomic E-state index is 13.0. The second-order valence-electron chi connectivity index (χ2n) is 8.37. The van der Waals surface area contributed by atoms with Crippen molar-refractivity contribution in [1.82, 2.24) is 4.31 Å². The Morgan fingerprint density at radius 3 is 2.27 bits per heavy atom. The first-order chi connectivity index (χ1) is 17.6. The zero-order chi connectivity index (χ0) is 26.7. The van der Waals surface area contributed by atoms with Gasteiger partial charge >= 0.3 is 5.97 Å². The van der Waals surface area contributed by atoms with Gasteiger partial charge < -0.3 is 14.5 Å². The average Bonchev–Trinajstić information content (AvgIpc) is 2.89. The molecule has 190 valence electrons. The summed E-state index contributed by atoms with van der Waals surface area (Å²) in [4.78, 5) is 38.2. The summed E-state index contributed by atoms with van der Waals surface area (Å²) in [5.74, 6) is -1.12. The highest BCUT2D eigenvalue weighted by molar-refractivity contribution is 7.89. The van der Waals surface area contributed by atoms with Gasteiger partial charge in [0, 0.05) is 30.9 Å². The number of para-hydroxylation sites is 1. The van der Waals surface area contributed by atoms with Crippen LogP contribution < -0.4 is 10.7 Å². The van der Waals surface area contributed by atoms with Gasteiger partial charge in [0.05, 0.1) is 10.3 Å². The first kappa shape index (κ1) is 25.8. The number of fused-ring (bicyclic) bond motifs is 1. The molecule has 1 heterocycles. The molecule has 0 aliphatic heterocycles. The summed E-state index contributed by atoms with van der Waals surface area (Å²) < 4.78 is 36.6. The molecule has 0 atom stereocenters. The van der Waals surface area contributed by atoms with E-state index in [4.69, 9.17) is 9.15 Å². The van der Waals surface area contributed by atoms with E-state index in [1.807, 2.05) is 18.2 Å². The van der Waals surface area contributed by atoms with Crippen molar-refractivity contribution in [3.63, 3.8) is 0 Å². The molecule has 0 fully saturated rings. The Morgan fingerprint density at radius 1 is 0.946 bits per heavy atom. The highest BCUT2D eigenvalue weighted by atomic mass is 32.2. The Kier molecular flexibility index (Phi) is 7.23. The van der Waals surface area contributed by atoms with Crippen molar-refractivity contribution in [2.24, 2.45) is 0 Å². The van der Waals surface area contributed by atoms with Gasteiger partial charge in [-0.2, -0.15) is 0 Å². The van der Waals surface area contributed by atoms with Crippen molar-refractivity contribution in [3.05, 3.63) is 94.1 Å². The maximum absolute atomic E-state index is 13.0. The van der Waals surface area contributed by atoms with Crippen molar-refractivity contribution in [2.45, 2.75) is 11.8 Å². The van der Waals surface area contributed by atoms with E-state index in [0.717, 1.165) is 4.31 Å². The Hall–Kier alpha value is -4.28. The van der Waals surface area contributed by atoms with Crippen LogP contribution in [0.2, 0.25) is 0 Å². The molecule has 9 nitrogen and oxygen atoms in total. The van der Waals surface area contributed by atoms with Crippen LogP contribution in [-0.2, 0) is 19.6 Å². The summed E-state index contributed by atoms with van der Waals surface area (Å²) in [5, 5.41) is 2.77. The number of hydrogen-bond acceptors (Lipinski definition) is 7. The van der Waals surface area contributed by atoms with Gasteiger partial charge in [-0.1, -0.05) is 36.4 Å². The van der Waals surface area contributed by atoms with E-state index in [0.29, 0.717) is 22.6 Å². The minimum Gasteiger partial charge on any atom is -0.455 e. The number of carbonyl (C=O) groups is 2. The number of esters is 1. The molecule has 0 saturated carbocycles. The normalized spacial score (nSPS) is 11.5. The fraction of sp³-hybridized carbons (Fsp3) is 0.148. The van der Waals surface area contributed by atoms with Crippen LogP contribution in [0.25, 0.3) is 22.3 Å². The summed E-state index contributed by atoms with van der Waals surface area (Å²) in [5.41, 5.74) is 1.24. The zero-order valence-electron chi connectivity index (χ0n) is 20.3. The third kappa shape index (κ3) is 5.30. The SMILES string of the molecule is Cc1c(-c2ccccc2)oc2c(C(=O)OCC(=O)Nc3ccc(S(=O)(=O)N(C)C)cc3)cccc2c1=O. The summed E-state index contributed by atoms with van der Waals surface area (Å²) in [7, 11) is -0.757. The number of benzene rings is 3. The van der Waals surface area contributed by atoms with Crippen LogP contribution in [-0.4, -0.2) is 45.3 Å². The Labute approximate surface area is 213 Å². The van der Waals surface area contributed by atoms with E-state index in [-0.39, 0.29) is 26.9 Å². The molecule has 0 aliphatic carbocycles. The highest BCUT2D eigenvalue weighted by Crippen LogP contribution is 2.27. The standard InChI is InChI=1S/C27H24N2O7S/c1-17-24(31)21-10-7-11-22(26(21)36-25(17)18-8-5-4-6-9-18)27(32)35-16-23(30)28-19-12-14-20(15-13-19)37(33,34)29(2)3/h4-15H,16H2,1-3H3,(H,28,30). The van der Waals surface area contributed by atoms with Crippen molar-refractivity contribution in [3.8, 4) is 11.3 Å². The molecule has 37 heavy (non-hydrogen) atoms. The van der Waals surface area contributed by atoms with Crippen LogP contribution in [0.5, 0.6) is 0 Å². The van der Waals surface area contributed by atoms with Gasteiger partial charge in [-0.25, -0.2) is 17.5 Å². The predicted octanol–water partition coefficient (Wildman–Crippen LogP) is 3.81. The molecule has 3 aromatic carbocycles. The van der Waals surface area contributed by atoms with Gasteiger partial charge in [0.2, 0.25) is 10.0 Å². The molecule has 0 saturated heterocycles. The van der Waals surface area contributed by atoms with E-state index < -0.39 is 28.5 Å². The second-order valence-corrected chi connectivity index (χ2v) is 10.5. The molecule has 10 heteroatoms. The smallest absolute Gasteiger partial charge is 0.342 e. The summed E-state index contributed by atoms with van der Waals surface area (Å²) >= 11 is 0. The van der Waals surface area contributed by atoms with E-state index in [1.165, 1.54) is 44.4 Å². The Morgan fingerprint density at radius 2 is 1.62 bits per heavy atom. The number of hydrogen-bond donors (Lipinski definition) is 1. The molecular weight excluding hydrogens is 496 g/mol. The molecule has 0 unspecified atom stereocenters. The summed E-state index contributed by atoms with van der Waals surface area (Å²) in [6.45, 7) is 1.06. The number of amides is 1. The minimum absolute atomic E-state index is 0.0119. The molecule has 1 aromatic heterocycles. The number of carbonyl (C=O) groups excluding carboxylic acids is 2. The molecule has 0 radical (unpaired) electrons. The maximum Gasteiger partial charge on any atom is 0.342 e. The lowest BCUT2D eigenvalue weighted by atomic mass is 10.0. The number of sulfonamides is 1. The first-order valence-electron chi connectivity index (χ1n) is 11.2. The summed E-state index contributed by atoms with van der Waals surface area (Å²) in [6, 6.07) is 19.2. The van der Waals surface area contributed by atoms with Crippen LogP contribution in [0.1, 0.15) is 15.9 Å². The minimum atomic E-state index is -3.60. The fourth-order valence-corrected chi connectivity index (χ4v) is 4.56. The van der Waals surface area contributed by atoms with Crippen LogP contribution in [0.4, 0.5) is 5.69 Å². The number of anilines is 1. The first-order valence-corrected chi connectivity index (χ1v) is 12.6. The van der Waals surface area contributed by atoms with Crippen LogP contribution in [0, 0.1) is 6.92 Å². The van der Waals surface area contributed by atoms with Crippen LogP contribution in [0.3, 0.4) is 0 Å². The molecular formula is C27H24N2O7S. The van der Waals surface area contributed by atoms with Gasteiger partial charge in [-0.15, -0.1) is 0 Å². The Bertz CT molecular complexity index is 1640. The second kappa shape index (κ2) is 10.4. The molecule has 0 aliphatic rings. The number of rotatable bonds is 7. The van der Waals surface area contributed by atoms with Crippen LogP contribution >= 0.6 is 0 Å². The third-order valence-corrected chi connectivity index (χ3v) is 7.48. The molecule has 4 rings (SSSR count). The topological polar surface area (TPSA) is 123 Å². The lowest BCUT2D eigenvalue weighted by Crippen LogP contribution is -2.23. The summed E-state index contributed by atoms with van der Waals surface area (Å²) in [6.07, 6.45) is 0. The predicted molar refractivity (Wildman–Crippen MR) is 139 cm³/mol. The third-order valence-electron chi connectivity index (χ3n) is 5.65. The number of nitrogens with one attached hydrogen (secondary N) is 1. The molecule has 1 N–H and O–H groups in total. The fourth-order valence-electron chi connectivity index (χ4n) is 3.66. The van der Waals surface area contributed by atoms with Gasteiger partial charge in [0.1, 0.15) is 11.3 Å². The lowest BCUT2D eigenvalue weighted by Gasteiger charge is -2.12. The molecule has 0 bridgehead atoms. The molecule has 0 spiro atoms. The van der Waals surface area contributed by atoms with Crippen molar-refractivity contribution < 1.29 is 27.2 Å². The molecule has 1 amide bonds. The van der Waals surface area contributed by atoms with Gasteiger partial charge in [0.15, 0.2) is 17.6 Å². The van der Waals surface area contributed by atoms with Crippen molar-refractivity contribution in [2.75, 3.05) is 26.0 Å². The van der Waals surface area contributed by atoms with Gasteiger partial charge in [0.25, 0.3) is 5.91 Å². The zero-order valence-corrected chi connectivity index (χ0v) is 21.2. The van der Waals surface area contributed by atoms with E-state index in [9.17, 15) is 22.8 Å². The van der Waals surface area contributed by atoms with E-state index in [1.54, 1.807) is 31.2 Å². The van der Waals surface area contributed by atoms with Gasteiger partial charge in [-0.05, 0) is 43.3 Å². The van der Waals surface area contributed by atoms with E-state index >= 15 is 0 Å². The van der Waals surface area contributed by atoms with E-state index in [2.05, 4.69) is 5.32 Å². The van der Waals surface area contributed by atoms with Crippen molar-refractivity contribution in [1.29, 1.82) is 0 Å². The lowest BCUT2D eigenvalue weighted by molar-refractivity contribution is -0.119. The van der Waals surface area contributed by atoms with Crippen molar-refractivity contribution >= 4 is 38.6 Å².